The van der Waals surface area contributed by atoms with E-state index in [0.29, 0.717) is 38.3 Å². The van der Waals surface area contributed by atoms with Crippen LogP contribution in [-0.2, 0) is 16.1 Å². The first-order valence-corrected chi connectivity index (χ1v) is 9.33. The van der Waals surface area contributed by atoms with Crippen LogP contribution in [0.4, 0.5) is 16.2 Å². The van der Waals surface area contributed by atoms with Crippen LogP contribution in [-0.4, -0.2) is 30.7 Å². The molecule has 0 aliphatic carbocycles. The molecule has 0 radical (unpaired) electrons. The van der Waals surface area contributed by atoms with Gasteiger partial charge in [0.1, 0.15) is 0 Å². The maximum Gasteiger partial charge on any atom is 0.323 e. The highest BCUT2D eigenvalue weighted by molar-refractivity contribution is 5.99. The van der Waals surface area contributed by atoms with Crippen LogP contribution in [0.5, 0.6) is 0 Å². The van der Waals surface area contributed by atoms with Gasteiger partial charge in [-0.2, -0.15) is 0 Å². The predicted octanol–water partition coefficient (Wildman–Crippen LogP) is 2.76. The molecule has 1 saturated heterocycles. The lowest BCUT2D eigenvalue weighted by Crippen LogP contribution is -2.56. The highest BCUT2D eigenvalue weighted by Crippen LogP contribution is 2.18. The van der Waals surface area contributed by atoms with Crippen molar-refractivity contribution >= 4 is 23.3 Å². The molecule has 1 aliphatic rings. The topological polar surface area (TPSA) is 105 Å². The monoisotopic (exact) mass is 382 g/mol. The van der Waals surface area contributed by atoms with Crippen LogP contribution in [0, 0.1) is 6.92 Å². The average Bonchev–Trinajstić information content (AvgIpc) is 2.67. The molecular weight excluding hydrogens is 356 g/mol. The van der Waals surface area contributed by atoms with Crippen molar-refractivity contribution in [3.05, 3.63) is 59.7 Å². The molecule has 0 bridgehead atoms. The molecule has 0 spiro atoms. The fourth-order valence-electron chi connectivity index (χ4n) is 3.10. The summed E-state index contributed by atoms with van der Waals surface area (Å²) in [7, 11) is 0. The Morgan fingerprint density at radius 1 is 1.04 bits per heavy atom. The van der Waals surface area contributed by atoms with E-state index in [2.05, 4.69) is 16.0 Å². The zero-order valence-electron chi connectivity index (χ0n) is 16.0. The molecule has 28 heavy (non-hydrogen) atoms. The number of benzene rings is 2. The molecule has 0 atom stereocenters. The first-order chi connectivity index (χ1) is 13.4. The van der Waals surface area contributed by atoms with Gasteiger partial charge in [0.25, 0.3) is 0 Å². The molecular formula is C21H26N4O3. The van der Waals surface area contributed by atoms with Gasteiger partial charge in [-0.25, -0.2) is 4.79 Å². The molecule has 0 unspecified atom stereocenters. The molecule has 3 amide bonds. The van der Waals surface area contributed by atoms with Crippen molar-refractivity contribution in [1.29, 1.82) is 0 Å². The van der Waals surface area contributed by atoms with Crippen molar-refractivity contribution < 1.29 is 14.3 Å². The molecule has 7 nitrogen and oxygen atoms in total. The number of nitrogens with two attached hydrogens (primary N) is 1. The number of carbonyl (C=O) groups excluding carboxylic acids is 2. The Morgan fingerprint density at radius 3 is 2.36 bits per heavy atom. The van der Waals surface area contributed by atoms with Crippen LogP contribution < -0.4 is 21.7 Å². The Labute approximate surface area is 164 Å². The second-order valence-corrected chi connectivity index (χ2v) is 7.10. The Kier molecular flexibility index (Phi) is 6.28. The van der Waals surface area contributed by atoms with Crippen LogP contribution >= 0.6 is 0 Å². The van der Waals surface area contributed by atoms with Gasteiger partial charge in [0.15, 0.2) is 0 Å². The van der Waals surface area contributed by atoms with E-state index in [1.807, 2.05) is 49.4 Å². The fourth-order valence-corrected chi connectivity index (χ4v) is 3.10. The molecule has 2 aromatic rings. The molecule has 0 saturated carbocycles. The number of nitrogens with one attached hydrogen (secondary N) is 3. The Morgan fingerprint density at radius 2 is 1.68 bits per heavy atom. The van der Waals surface area contributed by atoms with E-state index in [9.17, 15) is 9.59 Å². The number of amides is 3. The quantitative estimate of drug-likeness (QED) is 0.638. The number of hydrogen-bond donors (Lipinski definition) is 4. The van der Waals surface area contributed by atoms with E-state index in [1.165, 1.54) is 0 Å². The van der Waals surface area contributed by atoms with Gasteiger partial charge in [0.05, 0.1) is 5.54 Å². The van der Waals surface area contributed by atoms with Gasteiger partial charge in [0.2, 0.25) is 5.91 Å². The van der Waals surface area contributed by atoms with Crippen molar-refractivity contribution in [2.45, 2.75) is 31.8 Å². The maximum atomic E-state index is 12.4. The van der Waals surface area contributed by atoms with Crippen molar-refractivity contribution in [3.63, 3.8) is 0 Å². The summed E-state index contributed by atoms with van der Waals surface area (Å²) in [5.41, 5.74) is 8.63. The molecule has 5 N–H and O–H groups in total. The highest BCUT2D eigenvalue weighted by Gasteiger charge is 2.35. The number of ether oxygens (including phenoxy) is 1. The fraction of sp³-hybridized carbons (Fsp3) is 0.333. The minimum absolute atomic E-state index is 0.175. The van der Waals surface area contributed by atoms with E-state index >= 15 is 0 Å². The summed E-state index contributed by atoms with van der Waals surface area (Å²) >= 11 is 0. The minimum Gasteiger partial charge on any atom is -0.381 e. The predicted molar refractivity (Wildman–Crippen MR) is 109 cm³/mol. The van der Waals surface area contributed by atoms with E-state index in [4.69, 9.17) is 10.5 Å². The van der Waals surface area contributed by atoms with Gasteiger partial charge < -0.3 is 26.4 Å². The number of anilines is 2. The van der Waals surface area contributed by atoms with Crippen LogP contribution in [0.3, 0.4) is 0 Å². The van der Waals surface area contributed by atoms with Crippen LogP contribution in [0.2, 0.25) is 0 Å². The first kappa shape index (κ1) is 19.9. The van der Waals surface area contributed by atoms with Gasteiger partial charge in [-0.05, 0) is 55.2 Å². The molecule has 1 fully saturated rings. The normalized spacial score (nSPS) is 15.5. The summed E-state index contributed by atoms with van der Waals surface area (Å²) in [5, 5.41) is 8.49. The van der Waals surface area contributed by atoms with Gasteiger partial charge in [-0.3, -0.25) is 4.79 Å². The molecule has 1 aliphatic heterocycles. The Bertz CT molecular complexity index is 847. The number of aryl methyl sites for hydroxylation is 1. The third kappa shape index (κ3) is 5.31. The molecule has 3 rings (SSSR count). The third-order valence-corrected chi connectivity index (χ3v) is 4.75. The molecule has 0 aromatic heterocycles. The summed E-state index contributed by atoms with van der Waals surface area (Å²) in [6.07, 6.45) is 1.03. The number of carbonyl (C=O) groups is 2. The summed E-state index contributed by atoms with van der Waals surface area (Å²) in [6, 6.07) is 14.6. The Balaban J connectivity index is 1.54. The number of rotatable bonds is 5. The van der Waals surface area contributed by atoms with Gasteiger partial charge in [-0.15, -0.1) is 0 Å². The zero-order valence-corrected chi connectivity index (χ0v) is 16.0. The van der Waals surface area contributed by atoms with Crippen molar-refractivity contribution in [2.24, 2.45) is 5.73 Å². The van der Waals surface area contributed by atoms with E-state index in [-0.39, 0.29) is 11.9 Å². The van der Waals surface area contributed by atoms with E-state index in [0.717, 1.165) is 16.8 Å². The SMILES string of the molecule is Cc1cccc(NC(=O)Nc2cccc(CNC(=O)C3(N)CCOCC3)c2)c1. The van der Waals surface area contributed by atoms with Crippen LogP contribution in [0.1, 0.15) is 24.0 Å². The largest absolute Gasteiger partial charge is 0.381 e. The molecule has 1 heterocycles. The van der Waals surface area contributed by atoms with Gasteiger partial charge in [0, 0.05) is 31.1 Å². The van der Waals surface area contributed by atoms with Crippen LogP contribution in [0.15, 0.2) is 48.5 Å². The third-order valence-electron chi connectivity index (χ3n) is 4.75. The average molecular weight is 382 g/mol. The summed E-state index contributed by atoms with van der Waals surface area (Å²) in [5.74, 6) is -0.175. The van der Waals surface area contributed by atoms with E-state index in [1.54, 1.807) is 6.07 Å². The molecule has 7 heteroatoms. The smallest absolute Gasteiger partial charge is 0.323 e. The highest BCUT2D eigenvalue weighted by atomic mass is 16.5. The summed E-state index contributed by atoms with van der Waals surface area (Å²) in [6.45, 7) is 3.30. The second kappa shape index (κ2) is 8.86. The second-order valence-electron chi connectivity index (χ2n) is 7.10. The molecule has 148 valence electrons. The standard InChI is InChI=1S/C21H26N4O3/c1-15-4-2-6-17(12-15)24-20(27)25-18-7-3-5-16(13-18)14-23-19(26)21(22)8-10-28-11-9-21/h2-7,12-13H,8-11,14,22H2,1H3,(H,23,26)(H2,24,25,27). The summed E-state index contributed by atoms with van der Waals surface area (Å²) in [4.78, 5) is 24.6. The van der Waals surface area contributed by atoms with Crippen molar-refractivity contribution in [1.82, 2.24) is 5.32 Å². The summed E-state index contributed by atoms with van der Waals surface area (Å²) < 4.78 is 5.27. The van der Waals surface area contributed by atoms with Crippen molar-refractivity contribution in [3.8, 4) is 0 Å². The van der Waals surface area contributed by atoms with E-state index < -0.39 is 5.54 Å². The maximum absolute atomic E-state index is 12.4. The lowest BCUT2D eigenvalue weighted by molar-refractivity contribution is -0.129. The zero-order chi connectivity index (χ0) is 20.0. The minimum atomic E-state index is -0.873. The van der Waals surface area contributed by atoms with Gasteiger partial charge >= 0.3 is 6.03 Å². The lowest BCUT2D eigenvalue weighted by Gasteiger charge is -2.31. The lowest BCUT2D eigenvalue weighted by atomic mass is 9.90. The van der Waals surface area contributed by atoms with Crippen molar-refractivity contribution in [2.75, 3.05) is 23.8 Å². The number of hydrogen-bond acceptors (Lipinski definition) is 4. The number of urea groups is 1. The first-order valence-electron chi connectivity index (χ1n) is 9.33. The Hall–Kier alpha value is -2.90. The van der Waals surface area contributed by atoms with Gasteiger partial charge in [-0.1, -0.05) is 24.3 Å². The molecule has 2 aromatic carbocycles. The van der Waals surface area contributed by atoms with Crippen LogP contribution in [0.25, 0.3) is 0 Å².